The van der Waals surface area contributed by atoms with Crippen molar-refractivity contribution in [1.29, 1.82) is 0 Å². The lowest BCUT2D eigenvalue weighted by Crippen LogP contribution is -1.95. The summed E-state index contributed by atoms with van der Waals surface area (Å²) in [5, 5.41) is 0.400. The molecule has 0 saturated carbocycles. The second-order valence-corrected chi connectivity index (χ2v) is 7.92. The van der Waals surface area contributed by atoms with Gasteiger partial charge < -0.3 is 9.47 Å². The molecule has 0 fully saturated rings. The van der Waals surface area contributed by atoms with E-state index < -0.39 is 0 Å². The monoisotopic (exact) mass is 405 g/mol. The van der Waals surface area contributed by atoms with E-state index in [1.54, 1.807) is 37.1 Å². The molecule has 4 nitrogen and oxygen atoms in total. The molecule has 0 amide bonds. The van der Waals surface area contributed by atoms with Crippen LogP contribution in [0.3, 0.4) is 0 Å². The number of thioether (sulfide) groups is 2. The van der Waals surface area contributed by atoms with Crippen LogP contribution in [0.15, 0.2) is 53.2 Å². The van der Waals surface area contributed by atoms with E-state index >= 15 is 0 Å². The van der Waals surface area contributed by atoms with Gasteiger partial charge >= 0.3 is 0 Å². The van der Waals surface area contributed by atoms with E-state index in [2.05, 4.69) is 17.1 Å². The first-order valence-electron chi connectivity index (χ1n) is 7.71. The fraction of sp³-hybridized carbons (Fsp3) is 0.158. The number of hydrogen-bond acceptors (Lipinski definition) is 6. The predicted octanol–water partition coefficient (Wildman–Crippen LogP) is 5.26. The Labute approximate surface area is 165 Å². The van der Waals surface area contributed by atoms with E-state index in [1.807, 2.05) is 18.2 Å². The lowest BCUT2D eigenvalue weighted by atomic mass is 10.1. The number of methoxy groups -OCH3 is 2. The van der Waals surface area contributed by atoms with Gasteiger partial charge in [0.25, 0.3) is 0 Å². The summed E-state index contributed by atoms with van der Waals surface area (Å²) in [5.74, 6) is 1.79. The second kappa shape index (κ2) is 8.66. The number of carbonyl (C=O) groups excluding carboxylic acids is 1. The summed E-state index contributed by atoms with van der Waals surface area (Å²) in [4.78, 5) is 16.8. The van der Waals surface area contributed by atoms with E-state index in [0.29, 0.717) is 27.8 Å². The molecule has 0 N–H and O–H groups in total. The van der Waals surface area contributed by atoms with Gasteiger partial charge in [0, 0.05) is 22.4 Å². The zero-order valence-electron chi connectivity index (χ0n) is 14.2. The first-order chi connectivity index (χ1) is 12.6. The van der Waals surface area contributed by atoms with Crippen LogP contribution in [0.1, 0.15) is 11.1 Å². The van der Waals surface area contributed by atoms with Gasteiger partial charge in [0.2, 0.25) is 5.12 Å². The van der Waals surface area contributed by atoms with Gasteiger partial charge in [0.1, 0.15) is 10.1 Å². The van der Waals surface area contributed by atoms with Crippen LogP contribution >= 0.6 is 35.1 Å². The maximum Gasteiger partial charge on any atom is 0.244 e. The Morgan fingerprint density at radius 3 is 2.65 bits per heavy atom. The maximum atomic E-state index is 12.3. The number of ether oxygens (including phenoxy) is 2. The number of carbonyl (C=O) groups is 1. The third-order valence-electron chi connectivity index (χ3n) is 3.57. The SMILES string of the molecule is COc1cc(Cl)cc(/C=C2\N=C(SCc3ccccc3)SC2=O)c1OC. The highest BCUT2D eigenvalue weighted by Gasteiger charge is 2.23. The van der Waals surface area contributed by atoms with E-state index in [9.17, 15) is 4.79 Å². The first-order valence-corrected chi connectivity index (χ1v) is 9.89. The average Bonchev–Trinajstić information content (AvgIpc) is 3.00. The van der Waals surface area contributed by atoms with Crippen molar-refractivity contribution in [1.82, 2.24) is 0 Å². The average molecular weight is 406 g/mol. The van der Waals surface area contributed by atoms with Gasteiger partial charge in [0.15, 0.2) is 11.5 Å². The van der Waals surface area contributed by atoms with Crippen molar-refractivity contribution in [3.8, 4) is 11.5 Å². The molecule has 2 aromatic carbocycles. The molecule has 1 aliphatic heterocycles. The predicted molar refractivity (Wildman–Crippen MR) is 110 cm³/mol. The molecule has 0 aromatic heterocycles. The van der Waals surface area contributed by atoms with Crippen LogP contribution in [0.4, 0.5) is 0 Å². The molecule has 0 bridgehead atoms. The first kappa shape index (κ1) is 18.9. The van der Waals surface area contributed by atoms with Crippen molar-refractivity contribution >= 4 is 50.7 Å². The summed E-state index contributed by atoms with van der Waals surface area (Å²) >= 11 is 8.82. The van der Waals surface area contributed by atoms with Crippen LogP contribution in [0.25, 0.3) is 6.08 Å². The van der Waals surface area contributed by atoms with E-state index in [0.717, 1.165) is 21.9 Å². The Hall–Kier alpha value is -1.89. The van der Waals surface area contributed by atoms with E-state index in [4.69, 9.17) is 21.1 Å². The molecule has 134 valence electrons. The molecule has 1 heterocycles. The van der Waals surface area contributed by atoms with Crippen LogP contribution < -0.4 is 9.47 Å². The third-order valence-corrected chi connectivity index (χ3v) is 5.87. The van der Waals surface area contributed by atoms with Crippen LogP contribution in [0, 0.1) is 0 Å². The van der Waals surface area contributed by atoms with Gasteiger partial charge in [-0.2, -0.15) is 0 Å². The molecule has 0 unspecified atom stereocenters. The summed E-state index contributed by atoms with van der Waals surface area (Å²) in [6.07, 6.45) is 1.68. The van der Waals surface area contributed by atoms with Gasteiger partial charge in [-0.3, -0.25) is 4.79 Å². The van der Waals surface area contributed by atoms with Crippen LogP contribution in [0.5, 0.6) is 11.5 Å². The minimum Gasteiger partial charge on any atom is -0.493 e. The Morgan fingerprint density at radius 1 is 1.19 bits per heavy atom. The molecule has 1 aliphatic rings. The maximum absolute atomic E-state index is 12.3. The normalized spacial score (nSPS) is 15.3. The van der Waals surface area contributed by atoms with Gasteiger partial charge in [-0.15, -0.1) is 0 Å². The molecule has 7 heteroatoms. The van der Waals surface area contributed by atoms with Crippen LogP contribution in [-0.4, -0.2) is 23.7 Å². The molecule has 3 rings (SSSR count). The smallest absolute Gasteiger partial charge is 0.244 e. The Bertz CT molecular complexity index is 882. The van der Waals surface area contributed by atoms with Crippen molar-refractivity contribution in [3.05, 3.63) is 64.3 Å². The summed E-state index contributed by atoms with van der Waals surface area (Å²) < 4.78 is 11.4. The fourth-order valence-corrected chi connectivity index (χ4v) is 4.40. The highest BCUT2D eigenvalue weighted by Crippen LogP contribution is 2.38. The molecular formula is C19H16ClNO3S2. The van der Waals surface area contributed by atoms with Gasteiger partial charge in [-0.05, 0) is 29.5 Å². The molecular weight excluding hydrogens is 390 g/mol. The Kier molecular flexibility index (Phi) is 6.29. The molecule has 2 aromatic rings. The highest BCUT2D eigenvalue weighted by atomic mass is 35.5. The lowest BCUT2D eigenvalue weighted by Gasteiger charge is -2.11. The van der Waals surface area contributed by atoms with Gasteiger partial charge in [-0.25, -0.2) is 4.99 Å². The quantitative estimate of drug-likeness (QED) is 0.635. The number of nitrogens with zero attached hydrogens (tertiary/aromatic N) is 1. The zero-order chi connectivity index (χ0) is 18.5. The number of benzene rings is 2. The Balaban J connectivity index is 1.83. The molecule has 0 spiro atoms. The van der Waals surface area contributed by atoms with Crippen LogP contribution in [0.2, 0.25) is 5.02 Å². The molecule has 26 heavy (non-hydrogen) atoms. The van der Waals surface area contributed by atoms with E-state index in [1.165, 1.54) is 12.7 Å². The largest absolute Gasteiger partial charge is 0.493 e. The summed E-state index contributed by atoms with van der Waals surface area (Å²) in [5.41, 5.74) is 2.21. The number of hydrogen-bond donors (Lipinski definition) is 0. The fourth-order valence-electron chi connectivity index (χ4n) is 2.38. The molecule has 0 atom stereocenters. The number of halogens is 1. The minimum atomic E-state index is -0.0958. The van der Waals surface area contributed by atoms with Crippen molar-refractivity contribution in [2.45, 2.75) is 5.75 Å². The summed E-state index contributed by atoms with van der Waals surface area (Å²) in [6.45, 7) is 0. The molecule has 0 saturated heterocycles. The lowest BCUT2D eigenvalue weighted by molar-refractivity contribution is -0.107. The van der Waals surface area contributed by atoms with E-state index in [-0.39, 0.29) is 5.12 Å². The van der Waals surface area contributed by atoms with Gasteiger partial charge in [-0.1, -0.05) is 53.7 Å². The third kappa shape index (κ3) is 4.44. The topological polar surface area (TPSA) is 47.9 Å². The van der Waals surface area contributed by atoms with Crippen molar-refractivity contribution in [2.24, 2.45) is 4.99 Å². The standard InChI is InChI=1S/C19H16ClNO3S2/c1-23-16-10-14(20)8-13(17(16)24-2)9-15-18(22)26-19(21-15)25-11-12-6-4-3-5-7-12/h3-10H,11H2,1-2H3/b15-9-. The molecule has 0 radical (unpaired) electrons. The van der Waals surface area contributed by atoms with Crippen molar-refractivity contribution < 1.29 is 14.3 Å². The highest BCUT2D eigenvalue weighted by molar-refractivity contribution is 8.45. The Morgan fingerprint density at radius 2 is 1.96 bits per heavy atom. The summed E-state index contributed by atoms with van der Waals surface area (Å²) in [6, 6.07) is 13.5. The minimum absolute atomic E-state index is 0.0958. The number of rotatable bonds is 5. The van der Waals surface area contributed by atoms with Crippen molar-refractivity contribution in [3.63, 3.8) is 0 Å². The zero-order valence-corrected chi connectivity index (χ0v) is 16.6. The van der Waals surface area contributed by atoms with Crippen LogP contribution in [-0.2, 0) is 10.5 Å². The van der Waals surface area contributed by atoms with Gasteiger partial charge in [0.05, 0.1) is 14.2 Å². The molecule has 0 aliphatic carbocycles. The van der Waals surface area contributed by atoms with Crippen molar-refractivity contribution in [2.75, 3.05) is 14.2 Å². The second-order valence-electron chi connectivity index (χ2n) is 5.30. The number of aliphatic imine (C=N–C) groups is 1. The summed E-state index contributed by atoms with van der Waals surface area (Å²) in [7, 11) is 3.08.